The van der Waals surface area contributed by atoms with Crippen LogP contribution < -0.4 is 0 Å². The molecule has 1 unspecified atom stereocenters. The third-order valence-corrected chi connectivity index (χ3v) is 2.99. The van der Waals surface area contributed by atoms with E-state index in [9.17, 15) is 4.79 Å². The summed E-state index contributed by atoms with van der Waals surface area (Å²) in [5, 5.41) is 0. The normalized spacial score (nSPS) is 19.1. The van der Waals surface area contributed by atoms with Crippen molar-refractivity contribution in [3.63, 3.8) is 0 Å². The van der Waals surface area contributed by atoms with Gasteiger partial charge in [0.15, 0.2) is 6.10 Å². The molecule has 0 radical (unpaired) electrons. The second-order valence-electron chi connectivity index (χ2n) is 5.92. The number of carbonyl (C=O) groups excluding carboxylic acids is 1. The van der Waals surface area contributed by atoms with Gasteiger partial charge in [0.05, 0.1) is 5.41 Å². The monoisotopic (exact) mass is 236 g/mol. The zero-order valence-corrected chi connectivity index (χ0v) is 11.5. The van der Waals surface area contributed by atoms with Gasteiger partial charge in [-0.05, 0) is 40.5 Å². The first kappa shape index (κ1) is 14.1. The number of carbonyl (C=O) groups is 1. The van der Waals surface area contributed by atoms with Crippen LogP contribution in [0, 0.1) is 23.2 Å². The van der Waals surface area contributed by atoms with Gasteiger partial charge in [0.25, 0.3) is 0 Å². The SMILES string of the molecule is CC(C#CC1CCCCC1)OC(=O)C(C)(C)C. The van der Waals surface area contributed by atoms with Crippen LogP contribution in [0.15, 0.2) is 0 Å². The zero-order valence-electron chi connectivity index (χ0n) is 11.5. The lowest BCUT2D eigenvalue weighted by Gasteiger charge is -2.19. The van der Waals surface area contributed by atoms with Gasteiger partial charge in [-0.25, -0.2) is 0 Å². The Morgan fingerprint density at radius 2 is 1.82 bits per heavy atom. The van der Waals surface area contributed by atoms with Crippen molar-refractivity contribution in [3.8, 4) is 11.8 Å². The van der Waals surface area contributed by atoms with Gasteiger partial charge in [-0.2, -0.15) is 0 Å². The largest absolute Gasteiger partial charge is 0.449 e. The zero-order chi connectivity index (χ0) is 12.9. The predicted octanol–water partition coefficient (Wildman–Crippen LogP) is 3.55. The summed E-state index contributed by atoms with van der Waals surface area (Å²) in [4.78, 5) is 11.6. The van der Waals surface area contributed by atoms with Crippen LogP contribution in [0.4, 0.5) is 0 Å². The topological polar surface area (TPSA) is 26.3 Å². The molecule has 0 bridgehead atoms. The molecule has 0 aromatic carbocycles. The third kappa shape index (κ3) is 5.26. The van der Waals surface area contributed by atoms with E-state index in [4.69, 9.17) is 4.74 Å². The van der Waals surface area contributed by atoms with Crippen LogP contribution in [0.25, 0.3) is 0 Å². The second-order valence-corrected chi connectivity index (χ2v) is 5.92. The molecular weight excluding hydrogens is 212 g/mol. The van der Waals surface area contributed by atoms with E-state index in [1.165, 1.54) is 32.1 Å². The number of ether oxygens (including phenoxy) is 1. The lowest BCUT2D eigenvalue weighted by molar-refractivity contribution is -0.155. The van der Waals surface area contributed by atoms with Crippen molar-refractivity contribution < 1.29 is 9.53 Å². The van der Waals surface area contributed by atoms with E-state index in [1.807, 2.05) is 27.7 Å². The van der Waals surface area contributed by atoms with Crippen LogP contribution in [0.1, 0.15) is 59.8 Å². The van der Waals surface area contributed by atoms with Crippen LogP contribution in [0.2, 0.25) is 0 Å². The lowest BCUT2D eigenvalue weighted by Crippen LogP contribution is -2.26. The molecule has 2 nitrogen and oxygen atoms in total. The smallest absolute Gasteiger partial charge is 0.312 e. The maximum atomic E-state index is 11.6. The van der Waals surface area contributed by atoms with Crippen molar-refractivity contribution in [2.24, 2.45) is 11.3 Å². The summed E-state index contributed by atoms with van der Waals surface area (Å²) in [6.45, 7) is 7.42. The van der Waals surface area contributed by atoms with Crippen molar-refractivity contribution in [2.45, 2.75) is 65.9 Å². The molecule has 2 heteroatoms. The van der Waals surface area contributed by atoms with Gasteiger partial charge in [0.2, 0.25) is 0 Å². The number of hydrogen-bond acceptors (Lipinski definition) is 2. The van der Waals surface area contributed by atoms with Crippen LogP contribution in [-0.2, 0) is 9.53 Å². The summed E-state index contributed by atoms with van der Waals surface area (Å²) in [6, 6.07) is 0. The molecule has 96 valence electrons. The standard InChI is InChI=1S/C15H24O2/c1-12(17-14(16)15(2,3)4)10-11-13-8-6-5-7-9-13/h12-13H,5-9H2,1-4H3. The molecule has 0 aromatic heterocycles. The average Bonchev–Trinajstić information content (AvgIpc) is 2.26. The summed E-state index contributed by atoms with van der Waals surface area (Å²) in [5.74, 6) is 6.65. The van der Waals surface area contributed by atoms with Crippen LogP contribution >= 0.6 is 0 Å². The molecule has 0 spiro atoms. The number of rotatable bonds is 1. The highest BCUT2D eigenvalue weighted by atomic mass is 16.5. The van der Waals surface area contributed by atoms with Crippen LogP contribution in [0.5, 0.6) is 0 Å². The molecule has 1 atom stereocenters. The molecule has 0 N–H and O–H groups in total. The lowest BCUT2D eigenvalue weighted by atomic mass is 9.90. The molecule has 0 amide bonds. The van der Waals surface area contributed by atoms with E-state index in [1.54, 1.807) is 0 Å². The minimum atomic E-state index is -0.444. The molecule has 1 fully saturated rings. The molecule has 1 aliphatic carbocycles. The highest BCUT2D eigenvalue weighted by Crippen LogP contribution is 2.22. The Bertz CT molecular complexity index is 308. The van der Waals surface area contributed by atoms with Gasteiger partial charge in [-0.1, -0.05) is 31.1 Å². The fourth-order valence-corrected chi connectivity index (χ4v) is 1.85. The Hall–Kier alpha value is -0.970. The second kappa shape index (κ2) is 6.10. The Morgan fingerprint density at radius 3 is 2.35 bits per heavy atom. The van der Waals surface area contributed by atoms with Crippen molar-refractivity contribution in [1.82, 2.24) is 0 Å². The van der Waals surface area contributed by atoms with Crippen LogP contribution in [-0.4, -0.2) is 12.1 Å². The fraction of sp³-hybridized carbons (Fsp3) is 0.800. The molecule has 0 saturated heterocycles. The Labute approximate surface area is 105 Å². The number of hydrogen-bond donors (Lipinski definition) is 0. The quantitative estimate of drug-likeness (QED) is 0.514. The van der Waals surface area contributed by atoms with Crippen molar-refractivity contribution >= 4 is 5.97 Å². The Kier molecular flexibility index (Phi) is 5.05. The van der Waals surface area contributed by atoms with Gasteiger partial charge >= 0.3 is 5.97 Å². The average molecular weight is 236 g/mol. The third-order valence-electron chi connectivity index (χ3n) is 2.99. The van der Waals surface area contributed by atoms with Gasteiger partial charge in [-0.15, -0.1) is 0 Å². The fourth-order valence-electron chi connectivity index (χ4n) is 1.85. The van der Waals surface area contributed by atoms with Gasteiger partial charge < -0.3 is 4.74 Å². The Morgan fingerprint density at radius 1 is 1.24 bits per heavy atom. The maximum absolute atomic E-state index is 11.6. The van der Waals surface area contributed by atoms with E-state index < -0.39 is 5.41 Å². The van der Waals surface area contributed by atoms with Crippen LogP contribution in [0.3, 0.4) is 0 Å². The molecule has 17 heavy (non-hydrogen) atoms. The van der Waals surface area contributed by atoms with Crippen molar-refractivity contribution in [1.29, 1.82) is 0 Å². The molecular formula is C15H24O2. The molecule has 1 aliphatic rings. The van der Waals surface area contributed by atoms with E-state index in [-0.39, 0.29) is 12.1 Å². The Balaban J connectivity index is 2.41. The predicted molar refractivity (Wildman–Crippen MR) is 69.4 cm³/mol. The first-order valence-electron chi connectivity index (χ1n) is 6.62. The highest BCUT2D eigenvalue weighted by molar-refractivity contribution is 5.75. The van der Waals surface area contributed by atoms with E-state index in [0.717, 1.165) is 0 Å². The molecule has 1 saturated carbocycles. The minimum Gasteiger partial charge on any atom is -0.449 e. The van der Waals surface area contributed by atoms with Crippen molar-refractivity contribution in [3.05, 3.63) is 0 Å². The maximum Gasteiger partial charge on any atom is 0.312 e. The minimum absolute atomic E-state index is 0.178. The summed E-state index contributed by atoms with van der Waals surface area (Å²) >= 11 is 0. The van der Waals surface area contributed by atoms with E-state index >= 15 is 0 Å². The molecule has 0 aromatic rings. The summed E-state index contributed by atoms with van der Waals surface area (Å²) < 4.78 is 5.29. The molecule has 0 heterocycles. The van der Waals surface area contributed by atoms with Gasteiger partial charge in [-0.3, -0.25) is 4.79 Å². The van der Waals surface area contributed by atoms with E-state index in [0.29, 0.717) is 5.92 Å². The van der Waals surface area contributed by atoms with E-state index in [2.05, 4.69) is 11.8 Å². The first-order valence-corrected chi connectivity index (χ1v) is 6.62. The van der Waals surface area contributed by atoms with Gasteiger partial charge in [0, 0.05) is 5.92 Å². The first-order chi connectivity index (χ1) is 7.89. The van der Waals surface area contributed by atoms with Gasteiger partial charge in [0.1, 0.15) is 0 Å². The summed E-state index contributed by atoms with van der Waals surface area (Å²) in [7, 11) is 0. The number of esters is 1. The summed E-state index contributed by atoms with van der Waals surface area (Å²) in [5.41, 5.74) is -0.444. The molecule has 1 rings (SSSR count). The summed E-state index contributed by atoms with van der Waals surface area (Å²) in [6.07, 6.45) is 6.03. The highest BCUT2D eigenvalue weighted by Gasteiger charge is 2.24. The molecule has 0 aliphatic heterocycles. The van der Waals surface area contributed by atoms with Crippen molar-refractivity contribution in [2.75, 3.05) is 0 Å².